The zero-order chi connectivity index (χ0) is 14.5. The molecule has 0 aliphatic heterocycles. The van der Waals surface area contributed by atoms with Crippen molar-refractivity contribution >= 4 is 21.4 Å². The van der Waals surface area contributed by atoms with Crippen LogP contribution in [0.15, 0.2) is 10.3 Å². The number of thiophene rings is 1. The first-order chi connectivity index (χ1) is 8.97. The Morgan fingerprint density at radius 1 is 1.37 bits per heavy atom. The molecule has 4 nitrogen and oxygen atoms in total. The van der Waals surface area contributed by atoms with Crippen molar-refractivity contribution < 1.29 is 8.42 Å². The van der Waals surface area contributed by atoms with Crippen molar-refractivity contribution in [2.75, 3.05) is 20.1 Å². The minimum Gasteiger partial charge on any atom is -0.315 e. The van der Waals surface area contributed by atoms with E-state index in [0.29, 0.717) is 23.8 Å². The van der Waals surface area contributed by atoms with Crippen LogP contribution in [0, 0.1) is 6.92 Å². The molecule has 0 spiro atoms. The first-order valence-electron chi connectivity index (χ1n) is 6.71. The number of rotatable bonds is 8. The molecule has 1 aromatic heterocycles. The summed E-state index contributed by atoms with van der Waals surface area (Å²) in [5.41, 5.74) is 1.05. The van der Waals surface area contributed by atoms with Gasteiger partial charge in [-0.05, 0) is 32.0 Å². The second-order valence-corrected chi connectivity index (χ2v) is 7.85. The Labute approximate surface area is 120 Å². The van der Waals surface area contributed by atoms with Crippen LogP contribution < -0.4 is 5.32 Å². The molecular weight excluding hydrogens is 280 g/mol. The van der Waals surface area contributed by atoms with E-state index in [0.717, 1.165) is 23.3 Å². The van der Waals surface area contributed by atoms with Gasteiger partial charge < -0.3 is 5.32 Å². The van der Waals surface area contributed by atoms with Gasteiger partial charge in [-0.3, -0.25) is 0 Å². The highest BCUT2D eigenvalue weighted by molar-refractivity contribution is 7.91. The number of nitrogens with one attached hydrogen (secondary N) is 1. The molecule has 110 valence electrons. The molecular formula is C13H24N2O2S2. The molecule has 0 unspecified atom stereocenters. The largest absolute Gasteiger partial charge is 0.315 e. The van der Waals surface area contributed by atoms with Gasteiger partial charge in [-0.15, -0.1) is 11.3 Å². The van der Waals surface area contributed by atoms with E-state index in [-0.39, 0.29) is 0 Å². The second kappa shape index (κ2) is 7.38. The van der Waals surface area contributed by atoms with Gasteiger partial charge in [0.25, 0.3) is 10.0 Å². The van der Waals surface area contributed by atoms with Crippen molar-refractivity contribution in [3.8, 4) is 0 Å². The van der Waals surface area contributed by atoms with Crippen molar-refractivity contribution in [1.29, 1.82) is 0 Å². The van der Waals surface area contributed by atoms with Crippen LogP contribution in [0.3, 0.4) is 0 Å². The Balaban J connectivity index is 3.01. The van der Waals surface area contributed by atoms with Crippen LogP contribution in [-0.2, 0) is 16.6 Å². The van der Waals surface area contributed by atoms with Crippen LogP contribution in [0.1, 0.15) is 37.1 Å². The molecule has 0 fully saturated rings. The molecule has 1 rings (SSSR count). The number of unbranched alkanes of at least 4 members (excludes halogenated alkanes) is 1. The van der Waals surface area contributed by atoms with Crippen LogP contribution in [-0.4, -0.2) is 32.9 Å². The average molecular weight is 304 g/mol. The van der Waals surface area contributed by atoms with Crippen LogP contribution in [0.25, 0.3) is 0 Å². The third-order valence-electron chi connectivity index (χ3n) is 3.04. The lowest BCUT2D eigenvalue weighted by atomic mass is 10.3. The van der Waals surface area contributed by atoms with Crippen LogP contribution >= 0.6 is 11.3 Å². The number of sulfonamides is 1. The summed E-state index contributed by atoms with van der Waals surface area (Å²) >= 11 is 1.38. The van der Waals surface area contributed by atoms with E-state index in [1.807, 2.05) is 20.9 Å². The minimum absolute atomic E-state index is 0.466. The zero-order valence-corrected chi connectivity index (χ0v) is 13.8. The maximum Gasteiger partial charge on any atom is 0.252 e. The van der Waals surface area contributed by atoms with Gasteiger partial charge in [0.05, 0.1) is 0 Å². The SMILES string of the molecule is CCCCN(CC)S(=O)(=O)c1cc(C)c(CNC)s1. The Kier molecular flexibility index (Phi) is 6.46. The molecule has 0 aromatic carbocycles. The monoisotopic (exact) mass is 304 g/mol. The lowest BCUT2D eigenvalue weighted by Gasteiger charge is -2.18. The van der Waals surface area contributed by atoms with Crippen LogP contribution in [0.4, 0.5) is 0 Å². The van der Waals surface area contributed by atoms with Crippen LogP contribution in [0.2, 0.25) is 0 Å². The molecule has 0 atom stereocenters. The second-order valence-electron chi connectivity index (χ2n) is 4.55. The fourth-order valence-electron chi connectivity index (χ4n) is 1.86. The highest BCUT2D eigenvalue weighted by Gasteiger charge is 2.25. The summed E-state index contributed by atoms with van der Waals surface area (Å²) in [5.74, 6) is 0. The predicted molar refractivity (Wildman–Crippen MR) is 81.2 cm³/mol. The van der Waals surface area contributed by atoms with Gasteiger partial charge in [-0.1, -0.05) is 20.3 Å². The third kappa shape index (κ3) is 4.02. The standard InChI is InChI=1S/C13H24N2O2S2/c1-5-7-8-15(6-2)19(16,17)13-9-11(3)12(18-13)10-14-4/h9,14H,5-8,10H2,1-4H3. The van der Waals surface area contributed by atoms with Crippen molar-refractivity contribution in [2.24, 2.45) is 0 Å². The summed E-state index contributed by atoms with van der Waals surface area (Å²) in [6.07, 6.45) is 1.90. The Hall–Kier alpha value is -0.430. The number of hydrogen-bond acceptors (Lipinski definition) is 4. The fraction of sp³-hybridized carbons (Fsp3) is 0.692. The molecule has 0 aliphatic rings. The van der Waals surface area contributed by atoms with Gasteiger partial charge in [0, 0.05) is 24.5 Å². The Morgan fingerprint density at radius 2 is 2.05 bits per heavy atom. The summed E-state index contributed by atoms with van der Waals surface area (Å²) in [7, 11) is -1.45. The van der Waals surface area contributed by atoms with E-state index in [2.05, 4.69) is 12.2 Å². The van der Waals surface area contributed by atoms with Crippen molar-refractivity contribution in [1.82, 2.24) is 9.62 Å². The molecule has 0 saturated heterocycles. The maximum absolute atomic E-state index is 12.6. The smallest absolute Gasteiger partial charge is 0.252 e. The fourth-order valence-corrected chi connectivity index (χ4v) is 5.11. The lowest BCUT2D eigenvalue weighted by Crippen LogP contribution is -2.31. The summed E-state index contributed by atoms with van der Waals surface area (Å²) < 4.78 is 27.2. The topological polar surface area (TPSA) is 49.4 Å². The molecule has 0 radical (unpaired) electrons. The molecule has 1 heterocycles. The quantitative estimate of drug-likeness (QED) is 0.803. The lowest BCUT2D eigenvalue weighted by molar-refractivity contribution is 0.420. The number of hydrogen-bond donors (Lipinski definition) is 1. The highest BCUT2D eigenvalue weighted by Crippen LogP contribution is 2.28. The molecule has 0 bridgehead atoms. The van der Waals surface area contributed by atoms with E-state index in [4.69, 9.17) is 0 Å². The molecule has 1 N–H and O–H groups in total. The number of nitrogens with zero attached hydrogens (tertiary/aromatic N) is 1. The Bertz CT molecular complexity index is 495. The van der Waals surface area contributed by atoms with E-state index < -0.39 is 10.0 Å². The molecule has 0 saturated carbocycles. The highest BCUT2D eigenvalue weighted by atomic mass is 32.2. The van der Waals surface area contributed by atoms with Crippen molar-refractivity contribution in [3.63, 3.8) is 0 Å². The van der Waals surface area contributed by atoms with Gasteiger partial charge in [0.1, 0.15) is 4.21 Å². The summed E-state index contributed by atoms with van der Waals surface area (Å²) in [4.78, 5) is 1.09. The van der Waals surface area contributed by atoms with Gasteiger partial charge in [0.2, 0.25) is 0 Å². The van der Waals surface area contributed by atoms with Crippen molar-refractivity contribution in [2.45, 2.75) is 44.4 Å². The van der Waals surface area contributed by atoms with Crippen molar-refractivity contribution in [3.05, 3.63) is 16.5 Å². The van der Waals surface area contributed by atoms with E-state index in [1.54, 1.807) is 10.4 Å². The minimum atomic E-state index is -3.32. The van der Waals surface area contributed by atoms with Gasteiger partial charge in [-0.25, -0.2) is 8.42 Å². The van der Waals surface area contributed by atoms with Crippen LogP contribution in [0.5, 0.6) is 0 Å². The van der Waals surface area contributed by atoms with E-state index >= 15 is 0 Å². The number of aryl methyl sites for hydroxylation is 1. The first-order valence-corrected chi connectivity index (χ1v) is 8.97. The van der Waals surface area contributed by atoms with E-state index in [1.165, 1.54) is 11.3 Å². The third-order valence-corrected chi connectivity index (χ3v) is 6.70. The summed E-state index contributed by atoms with van der Waals surface area (Å²) in [6, 6.07) is 1.79. The van der Waals surface area contributed by atoms with Gasteiger partial charge in [-0.2, -0.15) is 4.31 Å². The molecule has 0 amide bonds. The molecule has 0 aliphatic carbocycles. The summed E-state index contributed by atoms with van der Waals surface area (Å²) in [5, 5.41) is 3.07. The zero-order valence-electron chi connectivity index (χ0n) is 12.2. The normalized spacial score (nSPS) is 12.3. The summed E-state index contributed by atoms with van der Waals surface area (Å²) in [6.45, 7) is 7.77. The molecule has 1 aromatic rings. The molecule has 6 heteroatoms. The average Bonchev–Trinajstić information content (AvgIpc) is 2.73. The molecule has 19 heavy (non-hydrogen) atoms. The first kappa shape index (κ1) is 16.6. The maximum atomic E-state index is 12.6. The van der Waals surface area contributed by atoms with Gasteiger partial charge in [0.15, 0.2) is 0 Å². The van der Waals surface area contributed by atoms with Gasteiger partial charge >= 0.3 is 0 Å². The predicted octanol–water partition coefficient (Wildman–Crippen LogP) is 2.59. The van der Waals surface area contributed by atoms with E-state index in [9.17, 15) is 8.42 Å². The Morgan fingerprint density at radius 3 is 2.58 bits per heavy atom.